The molecule has 6 nitrogen and oxygen atoms in total. The Kier molecular flexibility index (Phi) is 6.40. The Morgan fingerprint density at radius 2 is 1.78 bits per heavy atom. The predicted octanol–water partition coefficient (Wildman–Crippen LogP) is 2.59. The Hall–Kier alpha value is -2.47. The van der Waals surface area contributed by atoms with Crippen molar-refractivity contribution >= 4 is 11.9 Å². The highest BCUT2D eigenvalue weighted by molar-refractivity contribution is 5.92. The maximum Gasteiger partial charge on any atom is 0.272 e. The number of rotatable bonds is 6. The van der Waals surface area contributed by atoms with Gasteiger partial charge in [0.15, 0.2) is 0 Å². The summed E-state index contributed by atoms with van der Waals surface area (Å²) in [5.74, 6) is 0.630. The molecule has 1 aromatic carbocycles. The van der Waals surface area contributed by atoms with E-state index in [4.69, 9.17) is 0 Å². The Balaban J connectivity index is 1.77. The number of amides is 1. The first-order valence-electron chi connectivity index (χ1n) is 9.77. The summed E-state index contributed by atoms with van der Waals surface area (Å²) in [5.41, 5.74) is 2.52. The van der Waals surface area contributed by atoms with Crippen LogP contribution >= 0.6 is 0 Å². The summed E-state index contributed by atoms with van der Waals surface area (Å²) in [5, 5.41) is 0. The molecule has 1 aliphatic rings. The van der Waals surface area contributed by atoms with Crippen LogP contribution in [0.5, 0.6) is 0 Å². The highest BCUT2D eigenvalue weighted by Crippen LogP contribution is 2.16. The molecule has 1 fully saturated rings. The molecule has 6 heteroatoms. The highest BCUT2D eigenvalue weighted by atomic mass is 16.2. The first kappa shape index (κ1) is 19.3. The fraction of sp³-hybridized carbons (Fsp3) is 0.476. The topological polar surface area (TPSA) is 52.6 Å². The molecule has 2 aromatic rings. The molecular weight excluding hydrogens is 338 g/mol. The van der Waals surface area contributed by atoms with Gasteiger partial charge in [0.25, 0.3) is 5.91 Å². The first-order valence-corrected chi connectivity index (χ1v) is 9.77. The fourth-order valence-electron chi connectivity index (χ4n) is 3.36. The zero-order valence-electron chi connectivity index (χ0n) is 16.6. The Morgan fingerprint density at radius 3 is 2.41 bits per heavy atom. The smallest absolute Gasteiger partial charge is 0.272 e. The van der Waals surface area contributed by atoms with Gasteiger partial charge in [0, 0.05) is 45.0 Å². The molecule has 0 radical (unpaired) electrons. The summed E-state index contributed by atoms with van der Waals surface area (Å²) in [7, 11) is 0. The lowest BCUT2D eigenvalue weighted by Gasteiger charge is -2.34. The second-order valence-electron chi connectivity index (χ2n) is 6.92. The van der Waals surface area contributed by atoms with E-state index < -0.39 is 0 Å². The van der Waals surface area contributed by atoms with Crippen molar-refractivity contribution in [2.45, 2.75) is 27.3 Å². The van der Waals surface area contributed by atoms with Crippen LogP contribution in [-0.4, -0.2) is 64.9 Å². The van der Waals surface area contributed by atoms with Gasteiger partial charge < -0.3 is 14.7 Å². The van der Waals surface area contributed by atoms with E-state index in [0.29, 0.717) is 11.6 Å². The van der Waals surface area contributed by atoms with Crippen LogP contribution in [0.4, 0.5) is 5.95 Å². The van der Waals surface area contributed by atoms with Gasteiger partial charge in [0.05, 0.1) is 0 Å². The van der Waals surface area contributed by atoms with Crippen LogP contribution in [0.15, 0.2) is 36.4 Å². The molecule has 2 heterocycles. The van der Waals surface area contributed by atoms with Gasteiger partial charge in [-0.15, -0.1) is 0 Å². The SMILES string of the molecule is CCN1CCN(C(=O)c2cc(C)nc(N(CC)Cc3ccccc3)n2)CC1. The van der Waals surface area contributed by atoms with Crippen molar-refractivity contribution in [2.75, 3.05) is 44.2 Å². The van der Waals surface area contributed by atoms with Gasteiger partial charge in [0.1, 0.15) is 5.69 Å². The normalized spacial score (nSPS) is 15.0. The fourth-order valence-corrected chi connectivity index (χ4v) is 3.36. The molecule has 1 aliphatic heterocycles. The summed E-state index contributed by atoms with van der Waals surface area (Å²) in [4.78, 5) is 28.6. The number of nitrogens with zero attached hydrogens (tertiary/aromatic N) is 5. The summed E-state index contributed by atoms with van der Waals surface area (Å²) in [6, 6.07) is 12.1. The zero-order valence-corrected chi connectivity index (χ0v) is 16.6. The number of hydrogen-bond donors (Lipinski definition) is 0. The van der Waals surface area contributed by atoms with Gasteiger partial charge >= 0.3 is 0 Å². The average molecular weight is 367 g/mol. The minimum atomic E-state index is 0.00765. The third kappa shape index (κ3) is 4.83. The molecule has 0 bridgehead atoms. The number of aromatic nitrogens is 2. The van der Waals surface area contributed by atoms with E-state index in [9.17, 15) is 4.79 Å². The molecule has 1 aromatic heterocycles. The number of likely N-dealkylation sites (N-methyl/N-ethyl adjacent to an activating group) is 1. The second kappa shape index (κ2) is 8.95. The van der Waals surface area contributed by atoms with Crippen molar-refractivity contribution in [3.63, 3.8) is 0 Å². The summed E-state index contributed by atoms with van der Waals surface area (Å²) >= 11 is 0. The van der Waals surface area contributed by atoms with Crippen LogP contribution in [0.3, 0.4) is 0 Å². The van der Waals surface area contributed by atoms with Crippen molar-refractivity contribution in [2.24, 2.45) is 0 Å². The molecule has 27 heavy (non-hydrogen) atoms. The summed E-state index contributed by atoms with van der Waals surface area (Å²) in [6.07, 6.45) is 0. The second-order valence-corrected chi connectivity index (χ2v) is 6.92. The van der Waals surface area contributed by atoms with E-state index in [1.807, 2.05) is 30.0 Å². The molecule has 0 saturated carbocycles. The lowest BCUT2D eigenvalue weighted by atomic mass is 10.2. The Labute approximate surface area is 161 Å². The average Bonchev–Trinajstić information content (AvgIpc) is 2.71. The molecule has 0 N–H and O–H groups in total. The quantitative estimate of drug-likeness (QED) is 0.785. The Morgan fingerprint density at radius 1 is 1.07 bits per heavy atom. The monoisotopic (exact) mass is 367 g/mol. The van der Waals surface area contributed by atoms with E-state index in [1.54, 1.807) is 6.07 Å². The number of carbonyl (C=O) groups is 1. The van der Waals surface area contributed by atoms with Crippen LogP contribution in [0, 0.1) is 6.92 Å². The third-order valence-corrected chi connectivity index (χ3v) is 5.05. The van der Waals surface area contributed by atoms with Gasteiger partial charge in [-0.25, -0.2) is 9.97 Å². The molecule has 0 atom stereocenters. The van der Waals surface area contributed by atoms with E-state index >= 15 is 0 Å². The predicted molar refractivity (Wildman–Crippen MR) is 108 cm³/mol. The number of carbonyl (C=O) groups excluding carboxylic acids is 1. The van der Waals surface area contributed by atoms with Crippen LogP contribution in [0.25, 0.3) is 0 Å². The number of benzene rings is 1. The van der Waals surface area contributed by atoms with E-state index in [-0.39, 0.29) is 5.91 Å². The molecule has 144 valence electrons. The summed E-state index contributed by atoms with van der Waals surface area (Å²) < 4.78 is 0. The van der Waals surface area contributed by atoms with Gasteiger partial charge in [-0.3, -0.25) is 4.79 Å². The van der Waals surface area contributed by atoms with E-state index in [1.165, 1.54) is 5.56 Å². The standard InChI is InChI=1S/C21H29N5O/c1-4-24-11-13-26(14-12-24)20(27)19-15-17(3)22-21(23-19)25(5-2)16-18-9-7-6-8-10-18/h6-10,15H,4-5,11-14,16H2,1-3H3. The van der Waals surface area contributed by atoms with Crippen LogP contribution in [0.2, 0.25) is 0 Å². The lowest BCUT2D eigenvalue weighted by Crippen LogP contribution is -2.48. The molecule has 0 aliphatic carbocycles. The minimum absolute atomic E-state index is 0.00765. The molecule has 0 spiro atoms. The van der Waals surface area contributed by atoms with Crippen molar-refractivity contribution in [1.29, 1.82) is 0 Å². The van der Waals surface area contributed by atoms with Crippen LogP contribution in [0.1, 0.15) is 35.6 Å². The molecule has 1 amide bonds. The van der Waals surface area contributed by atoms with Crippen molar-refractivity contribution in [1.82, 2.24) is 19.8 Å². The number of anilines is 1. The molecule has 3 rings (SSSR count). The third-order valence-electron chi connectivity index (χ3n) is 5.05. The molecule has 0 unspecified atom stereocenters. The molecular formula is C21H29N5O. The van der Waals surface area contributed by atoms with Crippen molar-refractivity contribution in [3.8, 4) is 0 Å². The van der Waals surface area contributed by atoms with Crippen molar-refractivity contribution in [3.05, 3.63) is 53.3 Å². The van der Waals surface area contributed by atoms with E-state index in [2.05, 4.69) is 45.7 Å². The zero-order chi connectivity index (χ0) is 19.2. The van der Waals surface area contributed by atoms with Gasteiger partial charge in [0.2, 0.25) is 5.95 Å². The maximum absolute atomic E-state index is 13.0. The lowest BCUT2D eigenvalue weighted by molar-refractivity contribution is 0.0637. The van der Waals surface area contributed by atoms with Gasteiger partial charge in [-0.2, -0.15) is 0 Å². The first-order chi connectivity index (χ1) is 13.1. The molecule has 1 saturated heterocycles. The number of aryl methyl sites for hydroxylation is 1. The summed E-state index contributed by atoms with van der Waals surface area (Å²) in [6.45, 7) is 12.1. The maximum atomic E-state index is 13.0. The highest BCUT2D eigenvalue weighted by Gasteiger charge is 2.23. The van der Waals surface area contributed by atoms with Crippen LogP contribution < -0.4 is 4.90 Å². The van der Waals surface area contributed by atoms with Crippen molar-refractivity contribution < 1.29 is 4.79 Å². The number of piperazine rings is 1. The van der Waals surface area contributed by atoms with E-state index in [0.717, 1.165) is 51.5 Å². The largest absolute Gasteiger partial charge is 0.337 e. The van der Waals surface area contributed by atoms with Gasteiger partial charge in [-0.1, -0.05) is 37.3 Å². The van der Waals surface area contributed by atoms with Crippen LogP contribution in [-0.2, 0) is 6.54 Å². The van der Waals surface area contributed by atoms with Gasteiger partial charge in [-0.05, 0) is 32.0 Å². The minimum Gasteiger partial charge on any atom is -0.337 e. The Bertz CT molecular complexity index is 756. The number of hydrogen-bond acceptors (Lipinski definition) is 5.